The molecule has 1 fully saturated rings. The first-order valence-electron chi connectivity index (χ1n) is 12.6. The summed E-state index contributed by atoms with van der Waals surface area (Å²) in [5.41, 5.74) is 4.60. The van der Waals surface area contributed by atoms with Crippen molar-refractivity contribution < 1.29 is 9.53 Å². The Hall–Kier alpha value is -4.14. The number of nitrogens with zero attached hydrogens (tertiary/aromatic N) is 6. The molecule has 9 nitrogen and oxygen atoms in total. The number of rotatable bonds is 3. The molecule has 0 saturated carbocycles. The number of amides is 1. The van der Waals surface area contributed by atoms with Crippen molar-refractivity contribution in [2.75, 3.05) is 24.6 Å². The molecule has 0 aliphatic carbocycles. The highest BCUT2D eigenvalue weighted by atomic mass is 16.5. The number of hydrogen-bond acceptors (Lipinski definition) is 6. The fourth-order valence-electron chi connectivity index (χ4n) is 5.89. The van der Waals surface area contributed by atoms with E-state index < -0.39 is 0 Å². The molecule has 0 radical (unpaired) electrons. The number of aryl methyl sites for hydroxylation is 2. The Balaban J connectivity index is 1.57. The maximum atomic E-state index is 13.3. The highest BCUT2D eigenvalue weighted by molar-refractivity contribution is 6.04. The third-order valence-electron chi connectivity index (χ3n) is 7.73. The number of aromatic nitrogens is 4. The Bertz CT molecular complexity index is 1650. The number of piperazine rings is 1. The zero-order chi connectivity index (χ0) is 26.0. The Morgan fingerprint density at radius 1 is 1.14 bits per heavy atom. The molecule has 0 bridgehead atoms. The summed E-state index contributed by atoms with van der Waals surface area (Å²) in [5.74, 6) is 1.25. The van der Waals surface area contributed by atoms with Crippen LogP contribution in [0.4, 0.5) is 5.82 Å². The van der Waals surface area contributed by atoms with Gasteiger partial charge in [-0.15, -0.1) is 0 Å². The van der Waals surface area contributed by atoms with Gasteiger partial charge in [-0.1, -0.05) is 18.7 Å². The van der Waals surface area contributed by atoms with Crippen molar-refractivity contribution in [3.63, 3.8) is 0 Å². The molecule has 2 aromatic carbocycles. The van der Waals surface area contributed by atoms with E-state index in [4.69, 9.17) is 4.74 Å². The first-order chi connectivity index (χ1) is 17.8. The lowest BCUT2D eigenvalue weighted by molar-refractivity contribution is -0.128. The largest absolute Gasteiger partial charge is 0.489 e. The van der Waals surface area contributed by atoms with Crippen LogP contribution in [0.25, 0.3) is 32.9 Å². The van der Waals surface area contributed by atoms with Crippen molar-refractivity contribution in [3.05, 3.63) is 59.2 Å². The van der Waals surface area contributed by atoms with Crippen LogP contribution in [-0.4, -0.2) is 61.9 Å². The van der Waals surface area contributed by atoms with Gasteiger partial charge in [-0.05, 0) is 44.5 Å². The Morgan fingerprint density at radius 3 is 2.73 bits per heavy atom. The number of fused-ring (bicyclic) bond motifs is 1. The van der Waals surface area contributed by atoms with Crippen LogP contribution in [0.5, 0.6) is 5.75 Å². The van der Waals surface area contributed by atoms with Crippen LogP contribution in [0.3, 0.4) is 0 Å². The highest BCUT2D eigenvalue weighted by Gasteiger charge is 2.34. The molecule has 2 aromatic heterocycles. The number of benzene rings is 2. The number of hydrogen-bond donors (Lipinski definition) is 0. The molecule has 0 unspecified atom stereocenters. The summed E-state index contributed by atoms with van der Waals surface area (Å²) < 4.78 is 9.92. The second-order valence-electron chi connectivity index (χ2n) is 10.1. The summed E-state index contributed by atoms with van der Waals surface area (Å²) in [6.07, 6.45) is 3.22. The number of carbonyl (C=O) groups is 1. The highest BCUT2D eigenvalue weighted by Crippen LogP contribution is 2.44. The topological polar surface area (TPSA) is 85.5 Å². The van der Waals surface area contributed by atoms with E-state index in [1.807, 2.05) is 29.7 Å². The fraction of sp³-hybridized carbons (Fsp3) is 0.357. The van der Waals surface area contributed by atoms with Crippen molar-refractivity contribution in [3.8, 4) is 16.9 Å². The molecule has 190 valence electrons. The van der Waals surface area contributed by atoms with Gasteiger partial charge < -0.3 is 14.5 Å². The minimum Gasteiger partial charge on any atom is -0.489 e. The Kier molecular flexibility index (Phi) is 5.33. The molecule has 1 amide bonds. The first kappa shape index (κ1) is 23.3. The predicted octanol–water partition coefficient (Wildman–Crippen LogP) is 3.26. The van der Waals surface area contributed by atoms with Crippen molar-refractivity contribution in [2.24, 2.45) is 7.05 Å². The molecule has 2 aliphatic heterocycles. The van der Waals surface area contributed by atoms with Crippen LogP contribution in [0, 0.1) is 6.92 Å². The lowest BCUT2D eigenvalue weighted by atomic mass is 9.95. The second-order valence-corrected chi connectivity index (χ2v) is 10.1. The van der Waals surface area contributed by atoms with E-state index in [1.165, 1.54) is 6.08 Å². The predicted molar refractivity (Wildman–Crippen MR) is 144 cm³/mol. The minimum atomic E-state index is -0.288. The van der Waals surface area contributed by atoms with Gasteiger partial charge in [-0.25, -0.2) is 4.79 Å². The van der Waals surface area contributed by atoms with E-state index in [9.17, 15) is 9.59 Å². The van der Waals surface area contributed by atoms with Crippen LogP contribution in [0.1, 0.15) is 19.4 Å². The van der Waals surface area contributed by atoms with Crippen LogP contribution >= 0.6 is 0 Å². The maximum absolute atomic E-state index is 13.3. The molecule has 4 aromatic rings. The molecular weight excluding hydrogens is 468 g/mol. The van der Waals surface area contributed by atoms with Gasteiger partial charge in [-0.3, -0.25) is 14.0 Å². The van der Waals surface area contributed by atoms with Gasteiger partial charge in [0.05, 0.1) is 23.8 Å². The molecular formula is C28H30N6O3. The van der Waals surface area contributed by atoms with Crippen molar-refractivity contribution in [2.45, 2.75) is 39.4 Å². The Labute approximate surface area is 214 Å². The molecule has 4 heterocycles. The second kappa shape index (κ2) is 8.47. The standard InChI is InChI=1S/C28H30N6O3/c1-6-22(35)33-14-18(4)34(15-17(33)3)27-21-10-9-20(26-25(21)32(11-12-37-26)28(36)30-27)23-16(2)7-8-19-13-29-31(5)24(19)23/h6-10,13,17-18H,1,11-12,14-15H2,2-5H3/t17-,18+/m1/s1. The maximum Gasteiger partial charge on any atom is 0.350 e. The van der Waals surface area contributed by atoms with Gasteiger partial charge in [0.25, 0.3) is 0 Å². The smallest absolute Gasteiger partial charge is 0.350 e. The summed E-state index contributed by atoms with van der Waals surface area (Å²) in [7, 11) is 1.94. The summed E-state index contributed by atoms with van der Waals surface area (Å²) in [4.78, 5) is 34.2. The molecule has 0 N–H and O–H groups in total. The van der Waals surface area contributed by atoms with Gasteiger partial charge in [0.15, 0.2) is 5.75 Å². The molecule has 37 heavy (non-hydrogen) atoms. The van der Waals surface area contributed by atoms with E-state index in [2.05, 4.69) is 59.7 Å². The van der Waals surface area contributed by atoms with Crippen LogP contribution in [-0.2, 0) is 18.4 Å². The van der Waals surface area contributed by atoms with Crippen LogP contribution in [0.15, 0.2) is 47.9 Å². The molecule has 0 spiro atoms. The first-order valence-corrected chi connectivity index (χ1v) is 12.6. The molecule has 1 saturated heterocycles. The number of anilines is 1. The zero-order valence-corrected chi connectivity index (χ0v) is 21.6. The van der Waals surface area contributed by atoms with Gasteiger partial charge in [0.2, 0.25) is 5.91 Å². The van der Waals surface area contributed by atoms with Gasteiger partial charge in [-0.2, -0.15) is 10.1 Å². The van der Waals surface area contributed by atoms with Gasteiger partial charge in [0, 0.05) is 54.1 Å². The average molecular weight is 499 g/mol. The van der Waals surface area contributed by atoms with Crippen LogP contribution < -0.4 is 15.3 Å². The lowest BCUT2D eigenvalue weighted by Crippen LogP contribution is -2.58. The van der Waals surface area contributed by atoms with Gasteiger partial charge >= 0.3 is 5.69 Å². The van der Waals surface area contributed by atoms with Gasteiger partial charge in [0.1, 0.15) is 12.4 Å². The summed E-state index contributed by atoms with van der Waals surface area (Å²) >= 11 is 0. The van der Waals surface area contributed by atoms with Crippen molar-refractivity contribution >= 4 is 33.5 Å². The molecule has 9 heteroatoms. The normalized spacial score (nSPS) is 19.4. The molecule has 6 rings (SSSR count). The van der Waals surface area contributed by atoms with E-state index in [0.717, 1.165) is 38.5 Å². The van der Waals surface area contributed by atoms with E-state index in [1.54, 1.807) is 4.57 Å². The van der Waals surface area contributed by atoms with E-state index >= 15 is 0 Å². The average Bonchev–Trinajstić information content (AvgIpc) is 3.27. The quantitative estimate of drug-likeness (QED) is 0.403. The summed E-state index contributed by atoms with van der Waals surface area (Å²) in [5, 5.41) is 6.39. The molecule has 2 aliphatic rings. The van der Waals surface area contributed by atoms with Crippen LogP contribution in [0.2, 0.25) is 0 Å². The Morgan fingerprint density at radius 2 is 1.95 bits per heavy atom. The summed E-state index contributed by atoms with van der Waals surface area (Å²) in [6, 6.07) is 8.22. The van der Waals surface area contributed by atoms with Crippen molar-refractivity contribution in [1.29, 1.82) is 0 Å². The summed E-state index contributed by atoms with van der Waals surface area (Å²) in [6.45, 7) is 11.7. The minimum absolute atomic E-state index is 0.0246. The van der Waals surface area contributed by atoms with Crippen molar-refractivity contribution in [1.82, 2.24) is 24.2 Å². The molecule has 2 atom stereocenters. The lowest BCUT2D eigenvalue weighted by Gasteiger charge is -2.44. The van der Waals surface area contributed by atoms with E-state index in [-0.39, 0.29) is 23.7 Å². The monoisotopic (exact) mass is 498 g/mol. The zero-order valence-electron chi connectivity index (χ0n) is 21.6. The third-order valence-corrected chi connectivity index (χ3v) is 7.73. The number of ether oxygens (including phenoxy) is 1. The fourth-order valence-corrected chi connectivity index (χ4v) is 5.89. The third kappa shape index (κ3) is 3.44. The SMILES string of the molecule is C=CC(=O)N1C[C@H](C)N(c2nc(=O)n3c4c(c(-c5c(C)ccc6cnn(C)c56)ccc24)OCC3)C[C@H]1C. The number of carbonyl (C=O) groups excluding carboxylic acids is 1. The van der Waals surface area contributed by atoms with E-state index in [0.29, 0.717) is 37.8 Å².